The van der Waals surface area contributed by atoms with Crippen molar-refractivity contribution in [3.63, 3.8) is 0 Å². The molecule has 1 unspecified atom stereocenters. The number of rotatable bonds is 7. The molecule has 1 atom stereocenters. The van der Waals surface area contributed by atoms with Crippen LogP contribution in [0.4, 0.5) is 0 Å². The van der Waals surface area contributed by atoms with Gasteiger partial charge in [0.2, 0.25) is 0 Å². The maximum atomic E-state index is 10.5. The molecular weight excluding hydrogens is 386 g/mol. The normalized spacial score (nSPS) is 12.5. The number of aromatic hydroxyl groups is 1. The van der Waals surface area contributed by atoms with Crippen molar-refractivity contribution in [2.24, 2.45) is 0 Å². The Balaban J connectivity index is 0.00000338. The Bertz CT molecular complexity index is 688. The summed E-state index contributed by atoms with van der Waals surface area (Å²) in [6, 6.07) is 15.9. The highest BCUT2D eigenvalue weighted by molar-refractivity contribution is 5.44. The highest BCUT2D eigenvalue weighted by Gasteiger charge is 2.23. The molecule has 2 rings (SSSR count). The number of phenols is 1. The molecule has 0 aliphatic carbocycles. The SMILES string of the molecule is Cc1cccc(C(CC[NH+](C(C)C)C(C)C)c2cc(C)ccc2O)c1.[Br-]. The van der Waals surface area contributed by atoms with Crippen LogP contribution in [0.15, 0.2) is 42.5 Å². The molecule has 26 heavy (non-hydrogen) atoms. The number of aryl methyl sites for hydroxylation is 2. The second-order valence-electron chi connectivity index (χ2n) is 7.95. The number of phenolic OH excluding ortho intramolecular Hbond substituents is 1. The third-order valence-electron chi connectivity index (χ3n) is 5.21. The van der Waals surface area contributed by atoms with Crippen molar-refractivity contribution in [1.29, 1.82) is 0 Å². The minimum Gasteiger partial charge on any atom is -1.00 e. The lowest BCUT2D eigenvalue weighted by Gasteiger charge is -2.29. The summed E-state index contributed by atoms with van der Waals surface area (Å²) in [4.78, 5) is 1.62. The van der Waals surface area contributed by atoms with E-state index in [4.69, 9.17) is 0 Å². The fourth-order valence-electron chi connectivity index (χ4n) is 3.90. The Morgan fingerprint density at radius 3 is 2.08 bits per heavy atom. The lowest BCUT2D eigenvalue weighted by molar-refractivity contribution is -0.942. The molecule has 3 heteroatoms. The lowest BCUT2D eigenvalue weighted by Crippen LogP contribution is -3.17. The van der Waals surface area contributed by atoms with Gasteiger partial charge in [0.15, 0.2) is 0 Å². The van der Waals surface area contributed by atoms with Crippen molar-refractivity contribution in [3.8, 4) is 5.75 Å². The molecule has 2 aromatic carbocycles. The van der Waals surface area contributed by atoms with Crippen LogP contribution < -0.4 is 21.9 Å². The Hall–Kier alpha value is -1.32. The Morgan fingerprint density at radius 2 is 1.50 bits per heavy atom. The van der Waals surface area contributed by atoms with E-state index in [1.165, 1.54) is 16.7 Å². The first-order valence-electron chi connectivity index (χ1n) is 9.51. The molecule has 0 saturated heterocycles. The van der Waals surface area contributed by atoms with E-state index in [-0.39, 0.29) is 22.9 Å². The lowest BCUT2D eigenvalue weighted by atomic mass is 9.86. The van der Waals surface area contributed by atoms with Gasteiger partial charge in [-0.2, -0.15) is 0 Å². The standard InChI is InChI=1S/C23H33NO.BrH/c1-16(2)24(17(3)4)13-12-21(20-9-7-8-18(5)14-20)22-15-19(6)10-11-23(22)25;/h7-11,14-17,21,25H,12-13H2,1-6H3;1H. The van der Waals surface area contributed by atoms with Gasteiger partial charge >= 0.3 is 0 Å². The predicted molar refractivity (Wildman–Crippen MR) is 107 cm³/mol. The van der Waals surface area contributed by atoms with Crippen LogP contribution in [-0.4, -0.2) is 23.7 Å². The number of halogens is 1. The second kappa shape index (κ2) is 10.1. The Kier molecular flexibility index (Phi) is 8.85. The first-order chi connectivity index (χ1) is 11.8. The summed E-state index contributed by atoms with van der Waals surface area (Å²) in [5.74, 6) is 0.639. The van der Waals surface area contributed by atoms with Crippen LogP contribution in [0.5, 0.6) is 5.75 Å². The predicted octanol–water partition coefficient (Wildman–Crippen LogP) is 1.24. The quantitative estimate of drug-likeness (QED) is 0.692. The minimum atomic E-state index is 0. The monoisotopic (exact) mass is 419 g/mol. The van der Waals surface area contributed by atoms with Gasteiger partial charge in [-0.1, -0.05) is 47.5 Å². The molecule has 0 amide bonds. The molecule has 0 bridgehead atoms. The van der Waals surface area contributed by atoms with Crippen LogP contribution in [0.25, 0.3) is 0 Å². The van der Waals surface area contributed by atoms with Crippen molar-refractivity contribution in [2.75, 3.05) is 6.54 Å². The maximum Gasteiger partial charge on any atom is 0.119 e. The topological polar surface area (TPSA) is 24.7 Å². The van der Waals surface area contributed by atoms with Crippen LogP contribution in [0.2, 0.25) is 0 Å². The highest BCUT2D eigenvalue weighted by Crippen LogP contribution is 2.34. The van der Waals surface area contributed by atoms with Crippen LogP contribution in [-0.2, 0) is 0 Å². The van der Waals surface area contributed by atoms with Gasteiger partial charge in [-0.15, -0.1) is 0 Å². The van der Waals surface area contributed by atoms with Crippen LogP contribution >= 0.6 is 0 Å². The summed E-state index contributed by atoms with van der Waals surface area (Å²) in [6.45, 7) is 14.5. The van der Waals surface area contributed by atoms with Crippen molar-refractivity contribution in [2.45, 2.75) is 66.0 Å². The highest BCUT2D eigenvalue weighted by atomic mass is 79.9. The first kappa shape index (κ1) is 22.7. The van der Waals surface area contributed by atoms with E-state index in [1.54, 1.807) is 4.90 Å². The number of nitrogens with one attached hydrogen (secondary N) is 1. The molecule has 0 spiro atoms. The molecule has 0 saturated carbocycles. The summed E-state index contributed by atoms with van der Waals surface area (Å²) in [6.07, 6.45) is 1.03. The van der Waals surface area contributed by atoms with Crippen LogP contribution in [0.1, 0.15) is 62.3 Å². The van der Waals surface area contributed by atoms with E-state index in [2.05, 4.69) is 71.9 Å². The molecule has 0 aromatic heterocycles. The Morgan fingerprint density at radius 1 is 0.885 bits per heavy atom. The fraction of sp³-hybridized carbons (Fsp3) is 0.478. The van der Waals surface area contributed by atoms with Gasteiger partial charge in [-0.05, 0) is 53.2 Å². The van der Waals surface area contributed by atoms with E-state index < -0.39 is 0 Å². The summed E-state index contributed by atoms with van der Waals surface area (Å²) in [5.41, 5.74) is 4.82. The second-order valence-corrected chi connectivity index (χ2v) is 7.95. The number of hydrogen-bond donors (Lipinski definition) is 2. The molecule has 0 radical (unpaired) electrons. The third kappa shape index (κ3) is 5.85. The van der Waals surface area contributed by atoms with Crippen molar-refractivity contribution in [3.05, 3.63) is 64.7 Å². The first-order valence-corrected chi connectivity index (χ1v) is 9.51. The molecular formula is C23H34BrNO. The van der Waals surface area contributed by atoms with Gasteiger partial charge < -0.3 is 27.0 Å². The van der Waals surface area contributed by atoms with Crippen LogP contribution in [0, 0.1) is 13.8 Å². The van der Waals surface area contributed by atoms with E-state index in [0.29, 0.717) is 17.8 Å². The molecule has 0 aliphatic rings. The third-order valence-corrected chi connectivity index (χ3v) is 5.21. The van der Waals surface area contributed by atoms with Gasteiger partial charge in [0.25, 0.3) is 0 Å². The fourth-order valence-corrected chi connectivity index (χ4v) is 3.90. The molecule has 2 N–H and O–H groups in total. The zero-order valence-corrected chi connectivity index (χ0v) is 18.6. The largest absolute Gasteiger partial charge is 1.00 e. The minimum absolute atomic E-state index is 0. The van der Waals surface area contributed by atoms with E-state index in [9.17, 15) is 5.11 Å². The molecule has 0 aliphatic heterocycles. The average molecular weight is 420 g/mol. The van der Waals surface area contributed by atoms with Gasteiger partial charge in [0.05, 0.1) is 18.6 Å². The van der Waals surface area contributed by atoms with Crippen LogP contribution in [0.3, 0.4) is 0 Å². The molecule has 0 heterocycles. The van der Waals surface area contributed by atoms with Crippen molar-refractivity contribution >= 4 is 0 Å². The number of quaternary nitrogens is 1. The molecule has 144 valence electrons. The number of hydrogen-bond acceptors (Lipinski definition) is 1. The van der Waals surface area contributed by atoms with Gasteiger partial charge in [-0.25, -0.2) is 0 Å². The summed E-state index contributed by atoms with van der Waals surface area (Å²) >= 11 is 0. The average Bonchev–Trinajstić information content (AvgIpc) is 2.53. The van der Waals surface area contributed by atoms with Gasteiger partial charge in [0, 0.05) is 17.9 Å². The molecule has 2 aromatic rings. The van der Waals surface area contributed by atoms with Crippen molar-refractivity contribution in [1.82, 2.24) is 0 Å². The zero-order chi connectivity index (χ0) is 18.6. The smallest absolute Gasteiger partial charge is 0.119 e. The molecule has 2 nitrogen and oxygen atoms in total. The number of benzene rings is 2. The summed E-state index contributed by atoms with van der Waals surface area (Å²) in [7, 11) is 0. The van der Waals surface area contributed by atoms with Crippen molar-refractivity contribution < 1.29 is 27.0 Å². The zero-order valence-electron chi connectivity index (χ0n) is 17.0. The van der Waals surface area contributed by atoms with Gasteiger partial charge in [-0.3, -0.25) is 0 Å². The van der Waals surface area contributed by atoms with E-state index in [0.717, 1.165) is 18.5 Å². The maximum absolute atomic E-state index is 10.5. The van der Waals surface area contributed by atoms with E-state index >= 15 is 0 Å². The van der Waals surface area contributed by atoms with Gasteiger partial charge in [0.1, 0.15) is 5.75 Å². The Labute approximate surface area is 170 Å². The molecule has 0 fully saturated rings. The summed E-state index contributed by atoms with van der Waals surface area (Å²) in [5, 5.41) is 10.5. The summed E-state index contributed by atoms with van der Waals surface area (Å²) < 4.78 is 0. The van der Waals surface area contributed by atoms with E-state index in [1.807, 2.05) is 12.1 Å².